The number of hydrogen-bond donors (Lipinski definition) is 5. The number of aliphatic hydroxyl groups is 4. The van der Waals surface area contributed by atoms with Gasteiger partial charge in [-0.25, -0.2) is 0 Å². The van der Waals surface area contributed by atoms with E-state index in [0.717, 1.165) is 62.5 Å². The monoisotopic (exact) mass is 430 g/mol. The maximum Gasteiger partial charge on any atom is 0.303 e. The first-order valence-electron chi connectivity index (χ1n) is 11.9. The zero-order chi connectivity index (χ0) is 22.6. The number of aliphatic carboxylic acids is 1. The average Bonchev–Trinajstić information content (AvgIpc) is 2.73. The lowest BCUT2D eigenvalue weighted by Gasteiger charge is -2.20. The predicted molar refractivity (Wildman–Crippen MR) is 120 cm³/mol. The number of hydrogen-bond acceptors (Lipinski definition) is 5. The Kier molecular flexibility index (Phi) is 19.3. The van der Waals surface area contributed by atoms with Crippen molar-refractivity contribution in [3.8, 4) is 0 Å². The van der Waals surface area contributed by atoms with Crippen molar-refractivity contribution in [3.05, 3.63) is 11.1 Å². The van der Waals surface area contributed by atoms with Gasteiger partial charge in [-0.05, 0) is 44.9 Å². The standard InChI is InChI=1S/C24H46O6/c1-2-3-4-5-7-10-13-20(16-22(27)18-25)21(17-23(28)19-26)14-11-8-6-9-12-15-24(29)30/h22-23,25-28H,2-19H2,1H3,(H,29,30)/b21-20-. The van der Waals surface area contributed by atoms with Gasteiger partial charge in [0.25, 0.3) is 0 Å². The third kappa shape index (κ3) is 16.8. The summed E-state index contributed by atoms with van der Waals surface area (Å²) < 4.78 is 0. The third-order valence-corrected chi connectivity index (χ3v) is 5.59. The molecule has 0 radical (unpaired) electrons. The van der Waals surface area contributed by atoms with Crippen LogP contribution in [0, 0.1) is 0 Å². The number of rotatable bonds is 21. The van der Waals surface area contributed by atoms with E-state index in [1.165, 1.54) is 25.7 Å². The van der Waals surface area contributed by atoms with Crippen LogP contribution in [0.5, 0.6) is 0 Å². The molecule has 0 spiro atoms. The molecule has 0 heterocycles. The number of carbonyl (C=O) groups is 1. The minimum Gasteiger partial charge on any atom is -0.481 e. The summed E-state index contributed by atoms with van der Waals surface area (Å²) >= 11 is 0. The molecule has 0 rings (SSSR count). The quantitative estimate of drug-likeness (QED) is 0.137. The molecule has 0 aliphatic carbocycles. The van der Waals surface area contributed by atoms with Gasteiger partial charge in [-0.2, -0.15) is 0 Å². The molecule has 0 aliphatic heterocycles. The summed E-state index contributed by atoms with van der Waals surface area (Å²) in [6, 6.07) is 0. The molecule has 0 fully saturated rings. The summed E-state index contributed by atoms with van der Waals surface area (Å²) in [7, 11) is 0. The van der Waals surface area contributed by atoms with Gasteiger partial charge in [0, 0.05) is 6.42 Å². The molecule has 178 valence electrons. The second kappa shape index (κ2) is 20.0. The fourth-order valence-corrected chi connectivity index (χ4v) is 3.81. The Labute approximate surface area is 183 Å². The molecule has 0 aromatic carbocycles. The molecule has 0 aromatic rings. The van der Waals surface area contributed by atoms with E-state index in [2.05, 4.69) is 6.92 Å². The van der Waals surface area contributed by atoms with E-state index in [-0.39, 0.29) is 19.6 Å². The van der Waals surface area contributed by atoms with Crippen molar-refractivity contribution in [3.63, 3.8) is 0 Å². The van der Waals surface area contributed by atoms with Crippen molar-refractivity contribution in [2.45, 2.75) is 122 Å². The van der Waals surface area contributed by atoms with Gasteiger partial charge in [-0.3, -0.25) is 4.79 Å². The minimum atomic E-state index is -0.804. The largest absolute Gasteiger partial charge is 0.481 e. The first-order chi connectivity index (χ1) is 14.4. The highest BCUT2D eigenvalue weighted by atomic mass is 16.4. The molecule has 2 unspecified atom stereocenters. The van der Waals surface area contributed by atoms with Gasteiger partial charge in [0.05, 0.1) is 25.4 Å². The van der Waals surface area contributed by atoms with Crippen molar-refractivity contribution >= 4 is 5.97 Å². The molecule has 6 nitrogen and oxygen atoms in total. The van der Waals surface area contributed by atoms with E-state index in [9.17, 15) is 25.2 Å². The van der Waals surface area contributed by atoms with Crippen LogP contribution < -0.4 is 0 Å². The Bertz CT molecular complexity index is 449. The summed E-state index contributed by atoms with van der Waals surface area (Å²) in [4.78, 5) is 10.6. The summed E-state index contributed by atoms with van der Waals surface area (Å²) in [5.74, 6) is -0.750. The lowest BCUT2D eigenvalue weighted by Crippen LogP contribution is -2.17. The van der Waals surface area contributed by atoms with E-state index in [0.29, 0.717) is 19.3 Å². The second-order valence-electron chi connectivity index (χ2n) is 8.47. The van der Waals surface area contributed by atoms with Crippen LogP contribution in [0.3, 0.4) is 0 Å². The van der Waals surface area contributed by atoms with Gasteiger partial charge in [-0.15, -0.1) is 0 Å². The van der Waals surface area contributed by atoms with Crippen molar-refractivity contribution < 1.29 is 30.3 Å². The van der Waals surface area contributed by atoms with Crippen LogP contribution in [-0.4, -0.2) is 56.9 Å². The number of carboxylic acid groups (broad SMARTS) is 1. The van der Waals surface area contributed by atoms with E-state index in [4.69, 9.17) is 5.11 Å². The summed E-state index contributed by atoms with van der Waals surface area (Å²) in [5.41, 5.74) is 2.22. The summed E-state index contributed by atoms with van der Waals surface area (Å²) in [6.45, 7) is 1.63. The zero-order valence-corrected chi connectivity index (χ0v) is 19.0. The minimum absolute atomic E-state index is 0.218. The molecule has 0 aromatic heterocycles. The maximum absolute atomic E-state index is 10.6. The molecular weight excluding hydrogens is 384 g/mol. The number of carboxylic acids is 1. The smallest absolute Gasteiger partial charge is 0.303 e. The fourth-order valence-electron chi connectivity index (χ4n) is 3.81. The lowest BCUT2D eigenvalue weighted by atomic mass is 9.89. The number of unbranched alkanes of at least 4 members (excludes halogenated alkanes) is 9. The van der Waals surface area contributed by atoms with Crippen molar-refractivity contribution in [2.75, 3.05) is 13.2 Å². The zero-order valence-electron chi connectivity index (χ0n) is 19.0. The first-order valence-corrected chi connectivity index (χ1v) is 11.9. The van der Waals surface area contributed by atoms with E-state index >= 15 is 0 Å². The van der Waals surface area contributed by atoms with E-state index < -0.39 is 18.2 Å². The second-order valence-corrected chi connectivity index (χ2v) is 8.47. The molecule has 5 N–H and O–H groups in total. The Morgan fingerprint density at radius 2 is 1.00 bits per heavy atom. The highest BCUT2D eigenvalue weighted by molar-refractivity contribution is 5.66. The summed E-state index contributed by atoms with van der Waals surface area (Å²) in [5, 5.41) is 47.3. The van der Waals surface area contributed by atoms with Crippen molar-refractivity contribution in [1.29, 1.82) is 0 Å². The SMILES string of the molecule is CCCCCCCC/C(CC(O)CO)=C(\CCCCCCCC(=O)O)CC(O)CO. The topological polar surface area (TPSA) is 118 Å². The van der Waals surface area contributed by atoms with Crippen LogP contribution in [0.1, 0.15) is 110 Å². The highest BCUT2D eigenvalue weighted by Crippen LogP contribution is 2.27. The third-order valence-electron chi connectivity index (χ3n) is 5.59. The molecule has 0 amide bonds. The average molecular weight is 431 g/mol. The lowest BCUT2D eigenvalue weighted by molar-refractivity contribution is -0.137. The van der Waals surface area contributed by atoms with Crippen molar-refractivity contribution in [2.24, 2.45) is 0 Å². The van der Waals surface area contributed by atoms with Gasteiger partial charge >= 0.3 is 5.97 Å². The van der Waals surface area contributed by atoms with Crippen LogP contribution in [-0.2, 0) is 4.79 Å². The Balaban J connectivity index is 4.81. The summed E-state index contributed by atoms with van der Waals surface area (Å²) in [6.07, 6.45) is 12.7. The molecule has 6 heteroatoms. The first kappa shape index (κ1) is 29.1. The Morgan fingerprint density at radius 3 is 1.37 bits per heavy atom. The van der Waals surface area contributed by atoms with E-state index in [1.807, 2.05) is 0 Å². The number of aliphatic hydroxyl groups excluding tert-OH is 4. The molecule has 2 atom stereocenters. The predicted octanol–water partition coefficient (Wildman–Crippen LogP) is 4.34. The fraction of sp³-hybridized carbons (Fsp3) is 0.875. The molecule has 0 saturated carbocycles. The van der Waals surface area contributed by atoms with Crippen LogP contribution in [0.25, 0.3) is 0 Å². The van der Waals surface area contributed by atoms with Gasteiger partial charge in [0.15, 0.2) is 0 Å². The normalized spacial score (nSPS) is 14.4. The Morgan fingerprint density at radius 1 is 0.633 bits per heavy atom. The van der Waals surface area contributed by atoms with Crippen LogP contribution >= 0.6 is 0 Å². The molecule has 0 saturated heterocycles. The van der Waals surface area contributed by atoms with Crippen LogP contribution in [0.15, 0.2) is 11.1 Å². The maximum atomic E-state index is 10.6. The van der Waals surface area contributed by atoms with E-state index in [1.54, 1.807) is 0 Å². The highest BCUT2D eigenvalue weighted by Gasteiger charge is 2.15. The van der Waals surface area contributed by atoms with Gasteiger partial charge in [0.1, 0.15) is 0 Å². The Hall–Kier alpha value is -0.950. The molecule has 30 heavy (non-hydrogen) atoms. The van der Waals surface area contributed by atoms with Gasteiger partial charge < -0.3 is 25.5 Å². The van der Waals surface area contributed by atoms with Crippen molar-refractivity contribution in [1.82, 2.24) is 0 Å². The van der Waals surface area contributed by atoms with Gasteiger partial charge in [0.2, 0.25) is 0 Å². The van der Waals surface area contributed by atoms with Crippen LogP contribution in [0.2, 0.25) is 0 Å². The van der Waals surface area contributed by atoms with Crippen LogP contribution in [0.4, 0.5) is 0 Å². The van der Waals surface area contributed by atoms with Gasteiger partial charge in [-0.1, -0.05) is 69.4 Å². The molecule has 0 aliphatic rings. The molecular formula is C24H46O6. The molecule has 0 bridgehead atoms.